The molecule has 3 aromatic rings. The van der Waals surface area contributed by atoms with Crippen molar-refractivity contribution >= 4 is 11.6 Å². The molecule has 0 saturated carbocycles. The molecular formula is C32H30F2O5. The maximum Gasteiger partial charge on any atom is 0.229 e. The van der Waals surface area contributed by atoms with Crippen LogP contribution in [0.2, 0.25) is 0 Å². The quantitative estimate of drug-likeness (QED) is 0.187. The number of carbonyl (C=O) groups is 2. The van der Waals surface area contributed by atoms with Crippen LogP contribution in [0.15, 0.2) is 96.3 Å². The zero-order valence-corrected chi connectivity index (χ0v) is 21.9. The average molecular weight is 533 g/mol. The molecule has 0 aromatic heterocycles. The second kappa shape index (κ2) is 13.1. The van der Waals surface area contributed by atoms with Gasteiger partial charge < -0.3 is 14.2 Å². The van der Waals surface area contributed by atoms with E-state index in [2.05, 4.69) is 0 Å². The van der Waals surface area contributed by atoms with E-state index in [1.807, 2.05) is 19.9 Å². The Balaban J connectivity index is 1.58. The van der Waals surface area contributed by atoms with E-state index in [-0.39, 0.29) is 18.6 Å². The highest BCUT2D eigenvalue weighted by Crippen LogP contribution is 2.38. The SMILES string of the molecule is CCOC1=CC=C(C(OCC)c2ccc(OCc3cc(F)ccc3F)cc2)C(C(=O)C(=O)c2ccccc2)C1. The van der Waals surface area contributed by atoms with E-state index in [0.717, 1.165) is 23.8 Å². The van der Waals surface area contributed by atoms with E-state index in [9.17, 15) is 18.4 Å². The lowest BCUT2D eigenvalue weighted by Crippen LogP contribution is -2.30. The Hall–Kier alpha value is -4.10. The second-order valence-corrected chi connectivity index (χ2v) is 8.98. The number of rotatable bonds is 12. The topological polar surface area (TPSA) is 61.8 Å². The van der Waals surface area contributed by atoms with Crippen molar-refractivity contribution in [2.75, 3.05) is 13.2 Å². The van der Waals surface area contributed by atoms with Crippen LogP contribution in [0, 0.1) is 17.6 Å². The predicted octanol–water partition coefficient (Wildman–Crippen LogP) is 6.94. The van der Waals surface area contributed by atoms with Gasteiger partial charge in [-0.1, -0.05) is 48.5 Å². The Morgan fingerprint density at radius 3 is 2.33 bits per heavy atom. The molecule has 0 saturated heterocycles. The van der Waals surface area contributed by atoms with Crippen molar-refractivity contribution in [2.45, 2.75) is 33.0 Å². The van der Waals surface area contributed by atoms with Crippen LogP contribution in [-0.4, -0.2) is 24.8 Å². The highest BCUT2D eigenvalue weighted by atomic mass is 19.1. The molecule has 0 radical (unpaired) electrons. The number of Topliss-reactive ketones (excluding diaryl/α,β-unsaturated/α-hetero) is 2. The summed E-state index contributed by atoms with van der Waals surface area (Å²) in [4.78, 5) is 26.6. The molecule has 7 heteroatoms. The molecule has 0 heterocycles. The summed E-state index contributed by atoms with van der Waals surface area (Å²) in [5.41, 5.74) is 1.86. The van der Waals surface area contributed by atoms with Gasteiger partial charge in [0.1, 0.15) is 30.1 Å². The van der Waals surface area contributed by atoms with Gasteiger partial charge in [-0.15, -0.1) is 0 Å². The summed E-state index contributed by atoms with van der Waals surface area (Å²) in [5, 5.41) is 0. The van der Waals surface area contributed by atoms with Crippen molar-refractivity contribution in [3.63, 3.8) is 0 Å². The zero-order chi connectivity index (χ0) is 27.8. The number of ketones is 2. The van der Waals surface area contributed by atoms with Crippen LogP contribution in [0.5, 0.6) is 5.75 Å². The molecule has 0 aliphatic heterocycles. The van der Waals surface area contributed by atoms with Crippen molar-refractivity contribution in [1.29, 1.82) is 0 Å². The molecular weight excluding hydrogens is 502 g/mol. The minimum absolute atomic E-state index is 0.111. The molecule has 3 aromatic carbocycles. The number of benzene rings is 3. The fourth-order valence-electron chi connectivity index (χ4n) is 4.49. The molecule has 202 valence electrons. The number of ether oxygens (including phenoxy) is 3. The predicted molar refractivity (Wildman–Crippen MR) is 143 cm³/mol. The molecule has 5 nitrogen and oxygen atoms in total. The monoisotopic (exact) mass is 532 g/mol. The van der Waals surface area contributed by atoms with Crippen LogP contribution in [0.1, 0.15) is 47.9 Å². The van der Waals surface area contributed by atoms with Crippen molar-refractivity contribution in [3.8, 4) is 5.75 Å². The van der Waals surface area contributed by atoms with Gasteiger partial charge in [0, 0.05) is 24.2 Å². The summed E-state index contributed by atoms with van der Waals surface area (Å²) >= 11 is 0. The van der Waals surface area contributed by atoms with Gasteiger partial charge in [0.05, 0.1) is 18.3 Å². The van der Waals surface area contributed by atoms with Gasteiger partial charge in [-0.2, -0.15) is 0 Å². The first-order valence-electron chi connectivity index (χ1n) is 12.9. The molecule has 2 unspecified atom stereocenters. The average Bonchev–Trinajstić information content (AvgIpc) is 2.97. The fraction of sp³-hybridized carbons (Fsp3) is 0.250. The van der Waals surface area contributed by atoms with Crippen molar-refractivity contribution < 1.29 is 32.6 Å². The van der Waals surface area contributed by atoms with Crippen LogP contribution in [-0.2, 0) is 20.9 Å². The Labute approximate surface area is 226 Å². The van der Waals surface area contributed by atoms with Crippen molar-refractivity contribution in [1.82, 2.24) is 0 Å². The van der Waals surface area contributed by atoms with Crippen LogP contribution in [0.25, 0.3) is 0 Å². The van der Waals surface area contributed by atoms with Gasteiger partial charge in [0.25, 0.3) is 0 Å². The van der Waals surface area contributed by atoms with E-state index >= 15 is 0 Å². The number of hydrogen-bond donors (Lipinski definition) is 0. The van der Waals surface area contributed by atoms with E-state index in [0.29, 0.717) is 35.9 Å². The third kappa shape index (κ3) is 6.86. The van der Waals surface area contributed by atoms with E-state index in [1.54, 1.807) is 60.7 Å². The maximum absolute atomic E-state index is 13.9. The van der Waals surface area contributed by atoms with Crippen LogP contribution >= 0.6 is 0 Å². The first kappa shape index (κ1) is 27.9. The van der Waals surface area contributed by atoms with Gasteiger partial charge in [-0.3, -0.25) is 9.59 Å². The first-order chi connectivity index (χ1) is 18.9. The summed E-state index contributed by atoms with van der Waals surface area (Å²) in [6.07, 6.45) is 3.27. The summed E-state index contributed by atoms with van der Waals surface area (Å²) in [6, 6.07) is 18.7. The van der Waals surface area contributed by atoms with Crippen molar-refractivity contribution in [2.24, 2.45) is 5.92 Å². The molecule has 0 fully saturated rings. The highest BCUT2D eigenvalue weighted by molar-refractivity contribution is 6.44. The third-order valence-corrected chi connectivity index (χ3v) is 6.40. The second-order valence-electron chi connectivity index (χ2n) is 8.98. The molecule has 2 atom stereocenters. The molecule has 0 N–H and O–H groups in total. The van der Waals surface area contributed by atoms with Gasteiger partial charge in [0.2, 0.25) is 11.6 Å². The van der Waals surface area contributed by atoms with E-state index in [1.165, 1.54) is 0 Å². The number of hydrogen-bond acceptors (Lipinski definition) is 5. The van der Waals surface area contributed by atoms with Gasteiger partial charge in [0.15, 0.2) is 0 Å². The fourth-order valence-corrected chi connectivity index (χ4v) is 4.49. The van der Waals surface area contributed by atoms with Gasteiger partial charge in [-0.25, -0.2) is 8.78 Å². The number of allylic oxidation sites excluding steroid dienone is 3. The summed E-state index contributed by atoms with van der Waals surface area (Å²) in [5.74, 6) is -1.85. The lowest BCUT2D eigenvalue weighted by atomic mass is 9.80. The summed E-state index contributed by atoms with van der Waals surface area (Å²) in [6.45, 7) is 4.40. The maximum atomic E-state index is 13.9. The Morgan fingerprint density at radius 1 is 0.897 bits per heavy atom. The molecule has 0 amide bonds. The summed E-state index contributed by atoms with van der Waals surface area (Å²) < 4.78 is 44.8. The Kier molecular flexibility index (Phi) is 9.39. The molecule has 4 rings (SSSR count). The zero-order valence-electron chi connectivity index (χ0n) is 21.9. The molecule has 0 spiro atoms. The molecule has 0 bridgehead atoms. The largest absolute Gasteiger partial charge is 0.498 e. The van der Waals surface area contributed by atoms with E-state index in [4.69, 9.17) is 14.2 Å². The van der Waals surface area contributed by atoms with E-state index < -0.39 is 35.2 Å². The highest BCUT2D eigenvalue weighted by Gasteiger charge is 2.36. The normalized spacial score (nSPS) is 15.6. The standard InChI is InChI=1S/C32H30F2O5/c1-3-37-26-15-16-27(28(19-26)31(36)30(35)21-8-6-5-7-9-21)32(38-4-2)22-10-13-25(14-11-22)39-20-23-18-24(33)12-17-29(23)34/h5-18,28,32H,3-4,19-20H2,1-2H3. The van der Waals surface area contributed by atoms with Crippen LogP contribution in [0.3, 0.4) is 0 Å². The van der Waals surface area contributed by atoms with Crippen molar-refractivity contribution in [3.05, 3.63) is 125 Å². The smallest absolute Gasteiger partial charge is 0.229 e. The van der Waals surface area contributed by atoms with Crippen LogP contribution in [0.4, 0.5) is 8.78 Å². The van der Waals surface area contributed by atoms with Crippen LogP contribution < -0.4 is 4.74 Å². The third-order valence-electron chi connectivity index (χ3n) is 6.40. The minimum Gasteiger partial charge on any atom is -0.498 e. The number of halogens is 2. The lowest BCUT2D eigenvalue weighted by Gasteiger charge is -2.29. The summed E-state index contributed by atoms with van der Waals surface area (Å²) in [7, 11) is 0. The molecule has 1 aliphatic carbocycles. The lowest BCUT2D eigenvalue weighted by molar-refractivity contribution is -0.118. The van der Waals surface area contributed by atoms with Gasteiger partial charge >= 0.3 is 0 Å². The molecule has 39 heavy (non-hydrogen) atoms. The Morgan fingerprint density at radius 2 is 1.64 bits per heavy atom. The Bertz CT molecular complexity index is 1360. The first-order valence-corrected chi connectivity index (χ1v) is 12.9. The number of carbonyl (C=O) groups excluding carboxylic acids is 2. The molecule has 1 aliphatic rings. The minimum atomic E-state index is -0.757. The van der Waals surface area contributed by atoms with Gasteiger partial charge in [-0.05, 0) is 61.4 Å².